The van der Waals surface area contributed by atoms with Crippen LogP contribution in [0.5, 0.6) is 5.75 Å². The van der Waals surface area contributed by atoms with Crippen LogP contribution in [-0.2, 0) is 9.59 Å². The van der Waals surface area contributed by atoms with Crippen LogP contribution in [0.2, 0.25) is 0 Å². The van der Waals surface area contributed by atoms with Gasteiger partial charge >= 0.3 is 0 Å². The molecule has 0 radical (unpaired) electrons. The first-order valence-electron chi connectivity index (χ1n) is 10.7. The van der Waals surface area contributed by atoms with Gasteiger partial charge in [-0.25, -0.2) is 0 Å². The Balaban J connectivity index is 1.36. The second-order valence-electron chi connectivity index (χ2n) is 8.13. The number of nitrogens with one attached hydrogen (secondary N) is 1. The molecule has 2 aliphatic rings. The lowest BCUT2D eigenvalue weighted by molar-refractivity contribution is -0.121. The number of carbonyl (C=O) groups excluding carboxylic acids is 2. The van der Waals surface area contributed by atoms with Gasteiger partial charge < -0.3 is 15.0 Å². The third-order valence-electron chi connectivity index (χ3n) is 5.80. The average molecular weight is 408 g/mol. The van der Waals surface area contributed by atoms with E-state index >= 15 is 0 Å². The molecule has 1 fully saturated rings. The predicted octanol–water partition coefficient (Wildman–Crippen LogP) is 3.52. The molecule has 1 heterocycles. The van der Waals surface area contributed by atoms with Gasteiger partial charge in [0.25, 0.3) is 0 Å². The summed E-state index contributed by atoms with van der Waals surface area (Å²) < 4.78 is 5.65. The zero-order valence-electron chi connectivity index (χ0n) is 17.7. The predicted molar refractivity (Wildman–Crippen MR) is 118 cm³/mol. The number of anilines is 2. The maximum atomic E-state index is 12.9. The first-order chi connectivity index (χ1) is 14.5. The molecular formula is C24H29N3O3. The number of hydrogen-bond donors (Lipinski definition) is 1. The Bertz CT molecular complexity index is 919. The van der Waals surface area contributed by atoms with Crippen LogP contribution in [-0.4, -0.2) is 49.0 Å². The molecule has 2 aromatic rings. The Labute approximate surface area is 177 Å². The van der Waals surface area contributed by atoms with E-state index in [1.54, 1.807) is 4.90 Å². The number of ether oxygens (including phenoxy) is 1. The Morgan fingerprint density at radius 2 is 1.83 bits per heavy atom. The first-order valence-corrected chi connectivity index (χ1v) is 10.7. The first kappa shape index (κ1) is 20.4. The second-order valence-corrected chi connectivity index (χ2v) is 8.13. The van der Waals surface area contributed by atoms with Crippen molar-refractivity contribution in [2.75, 3.05) is 36.5 Å². The van der Waals surface area contributed by atoms with Gasteiger partial charge in [0.05, 0.1) is 18.8 Å². The van der Waals surface area contributed by atoms with Crippen LogP contribution in [0, 0.1) is 13.8 Å². The topological polar surface area (TPSA) is 61.9 Å². The minimum Gasteiger partial charge on any atom is -0.490 e. The van der Waals surface area contributed by atoms with Gasteiger partial charge in [0.2, 0.25) is 11.8 Å². The van der Waals surface area contributed by atoms with Gasteiger partial charge in [-0.1, -0.05) is 30.3 Å². The Morgan fingerprint density at radius 1 is 1.10 bits per heavy atom. The number of aryl methyl sites for hydroxylation is 2. The van der Waals surface area contributed by atoms with Crippen LogP contribution < -0.4 is 15.0 Å². The number of fused-ring (bicyclic) bond motifs is 1. The molecule has 2 amide bonds. The van der Waals surface area contributed by atoms with Gasteiger partial charge in [-0.2, -0.15) is 0 Å². The fourth-order valence-electron chi connectivity index (χ4n) is 4.01. The minimum atomic E-state index is -0.0246. The van der Waals surface area contributed by atoms with Crippen LogP contribution in [0.3, 0.4) is 0 Å². The van der Waals surface area contributed by atoms with Gasteiger partial charge in [0, 0.05) is 24.7 Å². The van der Waals surface area contributed by atoms with Gasteiger partial charge in [0.1, 0.15) is 12.4 Å². The summed E-state index contributed by atoms with van der Waals surface area (Å²) in [5, 5.41) is 3.06. The lowest BCUT2D eigenvalue weighted by atomic mass is 10.1. The minimum absolute atomic E-state index is 0.0246. The third-order valence-corrected chi connectivity index (χ3v) is 5.80. The van der Waals surface area contributed by atoms with Crippen molar-refractivity contribution in [3.63, 3.8) is 0 Å². The number of benzene rings is 2. The van der Waals surface area contributed by atoms with Crippen molar-refractivity contribution >= 4 is 23.2 Å². The molecule has 0 spiro atoms. The van der Waals surface area contributed by atoms with E-state index in [2.05, 4.69) is 10.2 Å². The quantitative estimate of drug-likeness (QED) is 0.763. The summed E-state index contributed by atoms with van der Waals surface area (Å²) in [6.07, 6.45) is 2.57. The van der Waals surface area contributed by atoms with Crippen LogP contribution in [0.25, 0.3) is 0 Å². The van der Waals surface area contributed by atoms with Gasteiger partial charge in [0.15, 0.2) is 0 Å². The van der Waals surface area contributed by atoms with E-state index in [0.29, 0.717) is 38.7 Å². The summed E-state index contributed by atoms with van der Waals surface area (Å²) in [4.78, 5) is 29.6. The van der Waals surface area contributed by atoms with Crippen molar-refractivity contribution in [1.29, 1.82) is 0 Å². The van der Waals surface area contributed by atoms with E-state index in [4.69, 9.17) is 4.74 Å². The molecule has 158 valence electrons. The van der Waals surface area contributed by atoms with E-state index in [-0.39, 0.29) is 11.8 Å². The number of para-hydroxylation sites is 3. The number of nitrogens with zero attached hydrogens (tertiary/aromatic N) is 2. The maximum absolute atomic E-state index is 12.9. The molecular weight excluding hydrogens is 378 g/mol. The fourth-order valence-corrected chi connectivity index (χ4v) is 4.01. The van der Waals surface area contributed by atoms with E-state index in [1.807, 2.05) is 56.3 Å². The van der Waals surface area contributed by atoms with E-state index in [9.17, 15) is 9.59 Å². The molecule has 6 heteroatoms. The zero-order valence-corrected chi connectivity index (χ0v) is 17.7. The average Bonchev–Trinajstić information content (AvgIpc) is 3.58. The number of rotatable bonds is 7. The molecule has 30 heavy (non-hydrogen) atoms. The molecule has 0 unspecified atom stereocenters. The van der Waals surface area contributed by atoms with Crippen molar-refractivity contribution in [3.8, 4) is 5.75 Å². The highest BCUT2D eigenvalue weighted by atomic mass is 16.5. The van der Waals surface area contributed by atoms with Crippen LogP contribution >= 0.6 is 0 Å². The van der Waals surface area contributed by atoms with Gasteiger partial charge in [-0.15, -0.1) is 0 Å². The summed E-state index contributed by atoms with van der Waals surface area (Å²) in [5.41, 5.74) is 3.84. The molecule has 1 saturated carbocycles. The van der Waals surface area contributed by atoms with Gasteiger partial charge in [-0.3, -0.25) is 14.5 Å². The lowest BCUT2D eigenvalue weighted by Gasteiger charge is -2.30. The standard InChI is InChI=1S/C24H29N3O3/c1-17-6-5-7-18(2)24(17)25-22(28)16-26(19-10-11-19)13-12-23(29)27-14-15-30-21-9-4-3-8-20(21)27/h3-9,19H,10-16H2,1-2H3,(H,25,28). The largest absolute Gasteiger partial charge is 0.490 e. The smallest absolute Gasteiger partial charge is 0.238 e. The number of hydrogen-bond acceptors (Lipinski definition) is 4. The Hall–Kier alpha value is -2.86. The van der Waals surface area contributed by atoms with Crippen LogP contribution in [0.4, 0.5) is 11.4 Å². The Morgan fingerprint density at radius 3 is 2.57 bits per heavy atom. The molecule has 2 aromatic carbocycles. The normalized spacial score (nSPS) is 15.5. The van der Waals surface area contributed by atoms with E-state index in [1.165, 1.54) is 0 Å². The van der Waals surface area contributed by atoms with E-state index in [0.717, 1.165) is 41.1 Å². The number of carbonyl (C=O) groups is 2. The van der Waals surface area contributed by atoms with E-state index < -0.39 is 0 Å². The zero-order chi connectivity index (χ0) is 21.1. The highest BCUT2D eigenvalue weighted by Gasteiger charge is 2.31. The molecule has 1 N–H and O–H groups in total. The van der Waals surface area contributed by atoms with Crippen LogP contribution in [0.1, 0.15) is 30.4 Å². The van der Waals surface area contributed by atoms with Crippen LogP contribution in [0.15, 0.2) is 42.5 Å². The molecule has 6 nitrogen and oxygen atoms in total. The molecule has 1 aliphatic heterocycles. The third kappa shape index (κ3) is 4.65. The number of amides is 2. The molecule has 0 saturated heterocycles. The monoisotopic (exact) mass is 407 g/mol. The molecule has 1 aliphatic carbocycles. The van der Waals surface area contributed by atoms with Gasteiger partial charge in [-0.05, 0) is 49.9 Å². The molecule has 0 aromatic heterocycles. The Kier molecular flexibility index (Phi) is 6.04. The highest BCUT2D eigenvalue weighted by Crippen LogP contribution is 2.32. The summed E-state index contributed by atoms with van der Waals surface area (Å²) in [6, 6.07) is 14.0. The SMILES string of the molecule is Cc1cccc(C)c1NC(=O)CN(CCC(=O)N1CCOc2ccccc21)C1CC1. The molecule has 4 rings (SSSR count). The molecule has 0 atom stereocenters. The maximum Gasteiger partial charge on any atom is 0.238 e. The van der Waals surface area contributed by atoms with Crippen molar-refractivity contribution < 1.29 is 14.3 Å². The lowest BCUT2D eigenvalue weighted by Crippen LogP contribution is -2.41. The second kappa shape index (κ2) is 8.88. The fraction of sp³-hybridized carbons (Fsp3) is 0.417. The molecule has 0 bridgehead atoms. The van der Waals surface area contributed by atoms with Crippen molar-refractivity contribution in [3.05, 3.63) is 53.6 Å². The summed E-state index contributed by atoms with van der Waals surface area (Å²) >= 11 is 0. The van der Waals surface area contributed by atoms with Crippen molar-refractivity contribution in [1.82, 2.24) is 4.90 Å². The van der Waals surface area contributed by atoms with Crippen molar-refractivity contribution in [2.24, 2.45) is 0 Å². The highest BCUT2D eigenvalue weighted by molar-refractivity contribution is 5.96. The van der Waals surface area contributed by atoms with Crippen molar-refractivity contribution in [2.45, 2.75) is 39.2 Å². The summed E-state index contributed by atoms with van der Waals surface area (Å²) in [7, 11) is 0. The summed E-state index contributed by atoms with van der Waals surface area (Å²) in [6.45, 7) is 5.97. The summed E-state index contributed by atoms with van der Waals surface area (Å²) in [5.74, 6) is 0.805.